The Balaban J connectivity index is 2.02. The first-order valence-electron chi connectivity index (χ1n) is 6.20. The predicted octanol–water partition coefficient (Wildman–Crippen LogP) is 4.29. The lowest BCUT2D eigenvalue weighted by Crippen LogP contribution is -1.91. The number of nitro groups is 1. The van der Waals surface area contributed by atoms with Crippen LogP contribution in [0, 0.1) is 10.1 Å². The molecule has 0 radical (unpaired) electrons. The molecule has 0 aliphatic heterocycles. The van der Waals surface area contributed by atoms with E-state index < -0.39 is 4.92 Å². The van der Waals surface area contributed by atoms with Crippen LogP contribution in [0.3, 0.4) is 0 Å². The lowest BCUT2D eigenvalue weighted by Gasteiger charge is -1.98. The van der Waals surface area contributed by atoms with E-state index in [-0.39, 0.29) is 5.69 Å². The fraction of sp³-hybridized carbons (Fsp3) is 0. The maximum absolute atomic E-state index is 11.0. The van der Waals surface area contributed by atoms with Gasteiger partial charge in [0.25, 0.3) is 5.69 Å². The molecule has 104 valence electrons. The number of H-pyrrole nitrogens is 1. The zero-order valence-corrected chi connectivity index (χ0v) is 11.5. The number of halogens is 1. The van der Waals surface area contributed by atoms with Crippen molar-refractivity contribution in [2.24, 2.45) is 0 Å². The molecule has 0 fully saturated rings. The van der Waals surface area contributed by atoms with E-state index >= 15 is 0 Å². The molecule has 0 aliphatic rings. The lowest BCUT2D eigenvalue weighted by atomic mass is 10.1. The summed E-state index contributed by atoms with van der Waals surface area (Å²) < 4.78 is 0. The summed E-state index contributed by atoms with van der Waals surface area (Å²) >= 11 is 5.79. The summed E-state index contributed by atoms with van der Waals surface area (Å²) in [6.07, 6.45) is 3.41. The molecule has 0 spiro atoms. The van der Waals surface area contributed by atoms with Gasteiger partial charge in [-0.1, -0.05) is 29.8 Å². The van der Waals surface area contributed by atoms with Crippen molar-refractivity contribution in [3.05, 3.63) is 68.9 Å². The molecule has 0 bridgehead atoms. The Morgan fingerprint density at radius 2 is 2.00 bits per heavy atom. The number of hydrogen-bond donors (Lipinski definition) is 1. The molecule has 0 saturated carbocycles. The van der Waals surface area contributed by atoms with Gasteiger partial charge in [-0.2, -0.15) is 5.10 Å². The van der Waals surface area contributed by atoms with Crippen LogP contribution in [-0.2, 0) is 0 Å². The molecule has 0 aliphatic carbocycles. The third kappa shape index (κ3) is 2.64. The zero-order chi connectivity index (χ0) is 14.8. The van der Waals surface area contributed by atoms with Gasteiger partial charge >= 0.3 is 0 Å². The number of hydrogen-bond acceptors (Lipinski definition) is 3. The predicted molar refractivity (Wildman–Crippen MR) is 83.1 cm³/mol. The summed E-state index contributed by atoms with van der Waals surface area (Å²) in [5.41, 5.74) is 2.10. The summed E-state index contributed by atoms with van der Waals surface area (Å²) in [5.74, 6) is 0. The third-order valence-corrected chi connectivity index (χ3v) is 3.34. The van der Waals surface area contributed by atoms with E-state index in [2.05, 4.69) is 10.2 Å². The van der Waals surface area contributed by atoms with Crippen LogP contribution in [0.25, 0.3) is 23.1 Å². The van der Waals surface area contributed by atoms with Crippen LogP contribution in [-0.4, -0.2) is 15.1 Å². The molecule has 1 N–H and O–H groups in total. The first-order chi connectivity index (χ1) is 10.1. The minimum atomic E-state index is -0.450. The fourth-order valence-corrected chi connectivity index (χ4v) is 2.26. The van der Waals surface area contributed by atoms with Gasteiger partial charge < -0.3 is 0 Å². The van der Waals surface area contributed by atoms with Crippen molar-refractivity contribution < 1.29 is 4.92 Å². The monoisotopic (exact) mass is 299 g/mol. The number of nitrogens with one attached hydrogen (secondary N) is 1. The van der Waals surface area contributed by atoms with Crippen molar-refractivity contribution in [3.8, 4) is 0 Å². The maximum atomic E-state index is 11.0. The van der Waals surface area contributed by atoms with E-state index in [1.807, 2.05) is 24.3 Å². The van der Waals surface area contributed by atoms with E-state index in [4.69, 9.17) is 11.6 Å². The van der Waals surface area contributed by atoms with Gasteiger partial charge in [-0.05, 0) is 30.4 Å². The molecule has 0 unspecified atom stereocenters. The highest BCUT2D eigenvalue weighted by Gasteiger charge is 2.12. The smallest absolute Gasteiger partial charge is 0.277 e. The van der Waals surface area contributed by atoms with Crippen molar-refractivity contribution in [3.63, 3.8) is 0 Å². The Hall–Kier alpha value is -2.66. The second kappa shape index (κ2) is 5.38. The third-order valence-electron chi connectivity index (χ3n) is 3.11. The van der Waals surface area contributed by atoms with Crippen LogP contribution < -0.4 is 0 Å². The number of nitro benzene ring substituents is 1. The van der Waals surface area contributed by atoms with Crippen LogP contribution in [0.5, 0.6) is 0 Å². The van der Waals surface area contributed by atoms with E-state index in [1.54, 1.807) is 24.3 Å². The maximum Gasteiger partial charge on any atom is 0.278 e. The van der Waals surface area contributed by atoms with Crippen molar-refractivity contribution in [1.29, 1.82) is 0 Å². The van der Waals surface area contributed by atoms with Gasteiger partial charge in [0.2, 0.25) is 0 Å². The number of rotatable bonds is 3. The quantitative estimate of drug-likeness (QED) is 0.579. The number of fused-ring (bicyclic) bond motifs is 1. The van der Waals surface area contributed by atoms with Crippen molar-refractivity contribution in [1.82, 2.24) is 10.2 Å². The first kappa shape index (κ1) is 13.3. The molecule has 1 heterocycles. The van der Waals surface area contributed by atoms with Crippen LogP contribution in [0.2, 0.25) is 5.02 Å². The Bertz CT molecular complexity index is 855. The van der Waals surface area contributed by atoms with Gasteiger partial charge in [0.15, 0.2) is 0 Å². The summed E-state index contributed by atoms with van der Waals surface area (Å²) in [5, 5.41) is 19.4. The Labute approximate surface area is 125 Å². The molecular weight excluding hydrogens is 290 g/mol. The Kier molecular flexibility index (Phi) is 3.41. The average Bonchev–Trinajstić information content (AvgIpc) is 2.89. The van der Waals surface area contributed by atoms with Gasteiger partial charge in [-0.3, -0.25) is 15.2 Å². The molecule has 0 saturated heterocycles. The van der Waals surface area contributed by atoms with E-state index in [1.165, 1.54) is 6.07 Å². The summed E-state index contributed by atoms with van der Waals surface area (Å²) in [6, 6.07) is 12.3. The van der Waals surface area contributed by atoms with Gasteiger partial charge in [0, 0.05) is 16.5 Å². The van der Waals surface area contributed by atoms with Gasteiger partial charge in [0.1, 0.15) is 0 Å². The standard InChI is InChI=1S/C15H10ClN3O2/c16-11-7-5-10(15(9-11)19(20)21)6-8-14-12-3-1-2-4-13(12)17-18-14/h1-9H,(H,17,18)/b8-6+. The first-order valence-corrected chi connectivity index (χ1v) is 6.58. The highest BCUT2D eigenvalue weighted by atomic mass is 35.5. The average molecular weight is 300 g/mol. The van der Waals surface area contributed by atoms with Gasteiger partial charge in [0.05, 0.1) is 21.7 Å². The molecule has 3 aromatic rings. The largest absolute Gasteiger partial charge is 0.278 e. The molecular formula is C15H10ClN3O2. The molecule has 3 rings (SSSR count). The van der Waals surface area contributed by atoms with Crippen molar-refractivity contribution >= 4 is 40.3 Å². The van der Waals surface area contributed by atoms with E-state index in [9.17, 15) is 10.1 Å². The molecule has 6 heteroatoms. The molecule has 21 heavy (non-hydrogen) atoms. The van der Waals surface area contributed by atoms with Crippen LogP contribution in [0.1, 0.15) is 11.3 Å². The number of aromatic amines is 1. The number of aromatic nitrogens is 2. The van der Waals surface area contributed by atoms with Gasteiger partial charge in [-0.15, -0.1) is 0 Å². The number of nitrogens with zero attached hydrogens (tertiary/aromatic N) is 2. The minimum Gasteiger partial charge on any atom is -0.277 e. The number of benzene rings is 2. The summed E-state index contributed by atoms with van der Waals surface area (Å²) in [6.45, 7) is 0. The minimum absolute atomic E-state index is 0.0291. The lowest BCUT2D eigenvalue weighted by molar-refractivity contribution is -0.385. The van der Waals surface area contributed by atoms with Crippen molar-refractivity contribution in [2.45, 2.75) is 0 Å². The van der Waals surface area contributed by atoms with Gasteiger partial charge in [-0.25, -0.2) is 0 Å². The second-order valence-electron chi connectivity index (χ2n) is 4.45. The normalized spacial score (nSPS) is 11.3. The van der Waals surface area contributed by atoms with Crippen LogP contribution in [0.4, 0.5) is 5.69 Å². The molecule has 0 atom stereocenters. The molecule has 0 amide bonds. The Morgan fingerprint density at radius 3 is 2.81 bits per heavy atom. The summed E-state index contributed by atoms with van der Waals surface area (Å²) in [7, 11) is 0. The second-order valence-corrected chi connectivity index (χ2v) is 4.88. The van der Waals surface area contributed by atoms with E-state index in [0.29, 0.717) is 10.6 Å². The fourth-order valence-electron chi connectivity index (χ4n) is 2.10. The highest BCUT2D eigenvalue weighted by Crippen LogP contribution is 2.25. The molecule has 1 aromatic heterocycles. The molecule has 2 aromatic carbocycles. The summed E-state index contributed by atoms with van der Waals surface area (Å²) in [4.78, 5) is 10.6. The zero-order valence-electron chi connectivity index (χ0n) is 10.8. The topological polar surface area (TPSA) is 71.8 Å². The Morgan fingerprint density at radius 1 is 1.19 bits per heavy atom. The molecule has 5 nitrogen and oxygen atoms in total. The van der Waals surface area contributed by atoms with Crippen LogP contribution >= 0.6 is 11.6 Å². The van der Waals surface area contributed by atoms with Crippen LogP contribution in [0.15, 0.2) is 42.5 Å². The van der Waals surface area contributed by atoms with E-state index in [0.717, 1.165) is 16.6 Å². The SMILES string of the molecule is O=[N+]([O-])c1cc(Cl)ccc1/C=C/c1n[nH]c2ccccc12. The highest BCUT2D eigenvalue weighted by molar-refractivity contribution is 6.30. The number of para-hydroxylation sites is 1. The van der Waals surface area contributed by atoms with Crippen molar-refractivity contribution in [2.75, 3.05) is 0 Å².